The summed E-state index contributed by atoms with van der Waals surface area (Å²) in [6.07, 6.45) is 8.68. The van der Waals surface area contributed by atoms with Gasteiger partial charge < -0.3 is 10.3 Å². The van der Waals surface area contributed by atoms with Crippen LogP contribution in [0.2, 0.25) is 0 Å². The Bertz CT molecular complexity index is 356. The van der Waals surface area contributed by atoms with Gasteiger partial charge in [-0.15, -0.1) is 0 Å². The summed E-state index contributed by atoms with van der Waals surface area (Å²) in [6.45, 7) is 4.67. The quantitative estimate of drug-likeness (QED) is 0.874. The van der Waals surface area contributed by atoms with Crippen LogP contribution in [-0.4, -0.2) is 15.6 Å². The molecule has 1 aromatic rings. The summed E-state index contributed by atoms with van der Waals surface area (Å²) in [5.41, 5.74) is 6.27. The minimum Gasteiger partial charge on any atom is -0.338 e. The number of nitrogens with zero attached hydrogens (tertiary/aromatic N) is 2. The summed E-state index contributed by atoms with van der Waals surface area (Å²) in [5.74, 6) is 3.42. The average molecular weight is 235 g/mol. The molecular formula is C14H25N3. The van der Waals surface area contributed by atoms with Gasteiger partial charge in [-0.25, -0.2) is 4.98 Å². The van der Waals surface area contributed by atoms with Crippen molar-refractivity contribution < 1.29 is 0 Å². The molecule has 2 N–H and O–H groups in total. The Morgan fingerprint density at radius 2 is 2.24 bits per heavy atom. The molecule has 1 fully saturated rings. The summed E-state index contributed by atoms with van der Waals surface area (Å²) < 4.78 is 2.12. The van der Waals surface area contributed by atoms with E-state index in [0.29, 0.717) is 12.0 Å². The third-order valence-electron chi connectivity index (χ3n) is 4.39. The molecule has 1 aliphatic carbocycles. The van der Waals surface area contributed by atoms with Crippen LogP contribution in [0.4, 0.5) is 0 Å². The molecule has 0 aliphatic heterocycles. The van der Waals surface area contributed by atoms with Crippen molar-refractivity contribution in [1.82, 2.24) is 9.55 Å². The average Bonchev–Trinajstić information content (AvgIpc) is 2.67. The maximum absolute atomic E-state index is 6.27. The van der Waals surface area contributed by atoms with Gasteiger partial charge in [0.2, 0.25) is 0 Å². The molecule has 1 heterocycles. The van der Waals surface area contributed by atoms with Crippen LogP contribution in [0.1, 0.15) is 38.9 Å². The monoisotopic (exact) mass is 235 g/mol. The number of rotatable bonds is 3. The summed E-state index contributed by atoms with van der Waals surface area (Å²) in [6, 6.07) is 0.363. The van der Waals surface area contributed by atoms with Gasteiger partial charge in [-0.1, -0.05) is 13.8 Å². The van der Waals surface area contributed by atoms with E-state index in [2.05, 4.69) is 30.4 Å². The smallest absolute Gasteiger partial charge is 0.108 e. The molecule has 17 heavy (non-hydrogen) atoms. The Balaban J connectivity index is 2.01. The van der Waals surface area contributed by atoms with Crippen molar-refractivity contribution in [1.29, 1.82) is 0 Å². The first-order valence-electron chi connectivity index (χ1n) is 6.79. The molecular weight excluding hydrogens is 210 g/mol. The molecule has 0 bridgehead atoms. The van der Waals surface area contributed by atoms with Gasteiger partial charge in [-0.2, -0.15) is 0 Å². The zero-order valence-electron chi connectivity index (χ0n) is 11.3. The van der Waals surface area contributed by atoms with Crippen molar-refractivity contribution in [2.24, 2.45) is 30.5 Å². The number of aryl methyl sites for hydroxylation is 1. The highest BCUT2D eigenvalue weighted by Gasteiger charge is 2.30. The maximum atomic E-state index is 6.27. The third kappa shape index (κ3) is 2.89. The minimum absolute atomic E-state index is 0.363. The second-order valence-electron chi connectivity index (χ2n) is 5.90. The summed E-state index contributed by atoms with van der Waals surface area (Å²) in [7, 11) is 2.07. The van der Waals surface area contributed by atoms with Crippen LogP contribution < -0.4 is 5.73 Å². The van der Waals surface area contributed by atoms with Gasteiger partial charge in [0, 0.05) is 31.9 Å². The first-order valence-corrected chi connectivity index (χ1v) is 6.79. The standard InChI is InChI=1S/C14H25N3/c1-10(2)11-4-5-13(15)12(8-11)9-14-16-6-7-17(14)3/h6-7,10-13H,4-5,8-9,15H2,1-3H3. The Morgan fingerprint density at radius 3 is 2.82 bits per heavy atom. The van der Waals surface area contributed by atoms with Crippen LogP contribution >= 0.6 is 0 Å². The number of aromatic nitrogens is 2. The fourth-order valence-electron chi connectivity index (χ4n) is 2.99. The first kappa shape index (κ1) is 12.6. The molecule has 0 amide bonds. The van der Waals surface area contributed by atoms with Crippen molar-refractivity contribution >= 4 is 0 Å². The number of hydrogen-bond donors (Lipinski definition) is 1. The highest BCUT2D eigenvalue weighted by molar-refractivity contribution is 4.96. The van der Waals surface area contributed by atoms with Gasteiger partial charge in [-0.3, -0.25) is 0 Å². The SMILES string of the molecule is CC(C)C1CCC(N)C(Cc2nccn2C)C1. The van der Waals surface area contributed by atoms with E-state index in [9.17, 15) is 0 Å². The van der Waals surface area contributed by atoms with Gasteiger partial charge in [0.15, 0.2) is 0 Å². The lowest BCUT2D eigenvalue weighted by molar-refractivity contribution is 0.187. The van der Waals surface area contributed by atoms with E-state index in [-0.39, 0.29) is 0 Å². The number of hydrogen-bond acceptors (Lipinski definition) is 2. The Morgan fingerprint density at radius 1 is 1.47 bits per heavy atom. The lowest BCUT2D eigenvalue weighted by Crippen LogP contribution is -2.38. The molecule has 1 aliphatic rings. The van der Waals surface area contributed by atoms with Crippen LogP contribution in [0.3, 0.4) is 0 Å². The summed E-state index contributed by atoms with van der Waals surface area (Å²) >= 11 is 0. The minimum atomic E-state index is 0.363. The lowest BCUT2D eigenvalue weighted by atomic mass is 9.73. The number of nitrogens with two attached hydrogens (primary N) is 1. The highest BCUT2D eigenvalue weighted by atomic mass is 15.0. The Hall–Kier alpha value is -0.830. The Labute approximate surface area is 104 Å². The van der Waals surface area contributed by atoms with E-state index < -0.39 is 0 Å². The topological polar surface area (TPSA) is 43.8 Å². The van der Waals surface area contributed by atoms with Crippen molar-refractivity contribution in [3.05, 3.63) is 18.2 Å². The van der Waals surface area contributed by atoms with Gasteiger partial charge in [-0.05, 0) is 37.0 Å². The molecule has 0 spiro atoms. The molecule has 1 saturated carbocycles. The first-order chi connectivity index (χ1) is 8.08. The van der Waals surface area contributed by atoms with Crippen LogP contribution in [-0.2, 0) is 13.5 Å². The van der Waals surface area contributed by atoms with Crippen molar-refractivity contribution in [3.63, 3.8) is 0 Å². The molecule has 3 atom stereocenters. The second-order valence-corrected chi connectivity index (χ2v) is 5.90. The molecule has 2 rings (SSSR count). The second kappa shape index (κ2) is 5.21. The molecule has 0 saturated heterocycles. The van der Waals surface area contributed by atoms with Crippen molar-refractivity contribution in [3.8, 4) is 0 Å². The Kier molecular flexibility index (Phi) is 3.87. The molecule has 3 nitrogen and oxygen atoms in total. The van der Waals surface area contributed by atoms with Gasteiger partial charge in [0.05, 0.1) is 0 Å². The third-order valence-corrected chi connectivity index (χ3v) is 4.39. The van der Waals surface area contributed by atoms with Crippen molar-refractivity contribution in [2.45, 2.75) is 45.6 Å². The van der Waals surface area contributed by atoms with E-state index >= 15 is 0 Å². The molecule has 3 unspecified atom stereocenters. The summed E-state index contributed by atoms with van der Waals surface area (Å²) in [4.78, 5) is 4.42. The predicted molar refractivity (Wildman–Crippen MR) is 70.6 cm³/mol. The van der Waals surface area contributed by atoms with Crippen LogP contribution in [0.25, 0.3) is 0 Å². The lowest BCUT2D eigenvalue weighted by Gasteiger charge is -2.36. The zero-order valence-corrected chi connectivity index (χ0v) is 11.3. The normalized spacial score (nSPS) is 29.8. The molecule has 0 radical (unpaired) electrons. The van der Waals surface area contributed by atoms with Crippen LogP contribution in [0.15, 0.2) is 12.4 Å². The molecule has 0 aromatic carbocycles. The van der Waals surface area contributed by atoms with E-state index in [1.807, 2.05) is 12.4 Å². The fraction of sp³-hybridized carbons (Fsp3) is 0.786. The summed E-state index contributed by atoms with van der Waals surface area (Å²) in [5, 5.41) is 0. The predicted octanol–water partition coefficient (Wildman–Crippen LogP) is 2.36. The largest absolute Gasteiger partial charge is 0.338 e. The van der Waals surface area contributed by atoms with E-state index in [0.717, 1.165) is 18.3 Å². The van der Waals surface area contributed by atoms with Gasteiger partial charge in [0.1, 0.15) is 5.82 Å². The van der Waals surface area contributed by atoms with Crippen LogP contribution in [0, 0.1) is 17.8 Å². The van der Waals surface area contributed by atoms with Crippen molar-refractivity contribution in [2.75, 3.05) is 0 Å². The van der Waals surface area contributed by atoms with Crippen LogP contribution in [0.5, 0.6) is 0 Å². The zero-order chi connectivity index (χ0) is 12.4. The van der Waals surface area contributed by atoms with E-state index in [1.165, 1.54) is 25.1 Å². The van der Waals surface area contributed by atoms with Gasteiger partial charge in [0.25, 0.3) is 0 Å². The number of imidazole rings is 1. The maximum Gasteiger partial charge on any atom is 0.108 e. The highest BCUT2D eigenvalue weighted by Crippen LogP contribution is 2.34. The molecule has 1 aromatic heterocycles. The van der Waals surface area contributed by atoms with Gasteiger partial charge >= 0.3 is 0 Å². The molecule has 3 heteroatoms. The fourth-order valence-corrected chi connectivity index (χ4v) is 2.99. The molecule has 96 valence electrons. The van der Waals surface area contributed by atoms with E-state index in [4.69, 9.17) is 5.73 Å². The van der Waals surface area contributed by atoms with E-state index in [1.54, 1.807) is 0 Å².